The van der Waals surface area contributed by atoms with Crippen LogP contribution in [0.25, 0.3) is 0 Å². The largest absolute Gasteiger partial charge is 0.445 e. The molecule has 0 aliphatic carbocycles. The van der Waals surface area contributed by atoms with Gasteiger partial charge in [0.15, 0.2) is 5.79 Å². The summed E-state index contributed by atoms with van der Waals surface area (Å²) in [6.07, 6.45) is -2.14. The number of rotatable bonds is 2. The summed E-state index contributed by atoms with van der Waals surface area (Å²) < 4.78 is 22.9. The van der Waals surface area contributed by atoms with Crippen LogP contribution >= 0.6 is 0 Å². The summed E-state index contributed by atoms with van der Waals surface area (Å²) in [6, 6.07) is 9.18. The molecule has 0 saturated carbocycles. The summed E-state index contributed by atoms with van der Waals surface area (Å²) in [7, 11) is 0. The fraction of sp³-hybridized carbons (Fsp3) is 0.562. The zero-order chi connectivity index (χ0) is 15.3. The molecule has 5 atom stereocenters. The summed E-state index contributed by atoms with van der Waals surface area (Å²) in [5.41, 5.74) is 0.880. The second-order valence-electron chi connectivity index (χ2n) is 6.24. The highest BCUT2D eigenvalue weighted by Gasteiger charge is 2.54. The Hall–Kier alpha value is -1.47. The third kappa shape index (κ3) is 2.32. The lowest BCUT2D eigenvalue weighted by atomic mass is 10.1. The lowest BCUT2D eigenvalue weighted by molar-refractivity contribution is -0.172. The molecule has 0 radical (unpaired) electrons. The fourth-order valence-corrected chi connectivity index (χ4v) is 3.09. The molecule has 0 amide bonds. The van der Waals surface area contributed by atoms with Crippen LogP contribution in [0.3, 0.4) is 0 Å². The predicted molar refractivity (Wildman–Crippen MR) is 77.4 cm³/mol. The number of ether oxygens (including phenoxy) is 4. The summed E-state index contributed by atoms with van der Waals surface area (Å²) in [6.45, 7) is 4.08. The number of hydrogen-bond donors (Lipinski definition) is 1. The zero-order valence-corrected chi connectivity index (χ0v) is 12.5. The van der Waals surface area contributed by atoms with Crippen molar-refractivity contribution in [1.29, 1.82) is 0 Å². The van der Waals surface area contributed by atoms with Gasteiger partial charge in [-0.1, -0.05) is 18.2 Å². The Morgan fingerprint density at radius 1 is 1.23 bits per heavy atom. The standard InChI is InChI=1S/C16H19NO5/c1-16(2)19-8-10(22-16)13-12(18)11-15(20-13)21-14(17-11)9-6-4-3-5-7-9/h3-7,10-13,15,18H,8H2,1-2H3/t10?,11-,12-,13-,15-/m1/s1. The van der Waals surface area contributed by atoms with Crippen LogP contribution in [0, 0.1) is 0 Å². The van der Waals surface area contributed by atoms with Gasteiger partial charge < -0.3 is 24.1 Å². The van der Waals surface area contributed by atoms with Crippen LogP contribution in [0.5, 0.6) is 0 Å². The summed E-state index contributed by atoms with van der Waals surface area (Å²) >= 11 is 0. The Balaban J connectivity index is 1.50. The molecule has 0 bridgehead atoms. The SMILES string of the molecule is CC1(C)OCC([C@H]2O[C@@H]3OC(c4ccccc4)=N[C@@H]3[C@H]2O)O1. The molecule has 2 saturated heterocycles. The third-order valence-electron chi connectivity index (χ3n) is 4.17. The molecule has 3 aliphatic heterocycles. The van der Waals surface area contributed by atoms with E-state index in [1.54, 1.807) is 0 Å². The van der Waals surface area contributed by atoms with Gasteiger partial charge in [-0.2, -0.15) is 0 Å². The van der Waals surface area contributed by atoms with E-state index in [1.807, 2.05) is 44.2 Å². The Morgan fingerprint density at radius 2 is 2.00 bits per heavy atom. The molecule has 22 heavy (non-hydrogen) atoms. The molecule has 4 rings (SSSR count). The van der Waals surface area contributed by atoms with Gasteiger partial charge in [-0.15, -0.1) is 0 Å². The van der Waals surface area contributed by atoms with Gasteiger partial charge in [-0.05, 0) is 26.0 Å². The molecule has 6 nitrogen and oxygen atoms in total. The van der Waals surface area contributed by atoms with E-state index in [2.05, 4.69) is 4.99 Å². The fourth-order valence-electron chi connectivity index (χ4n) is 3.09. The van der Waals surface area contributed by atoms with Crippen molar-refractivity contribution in [3.8, 4) is 0 Å². The van der Waals surface area contributed by atoms with Crippen molar-refractivity contribution in [1.82, 2.24) is 0 Å². The van der Waals surface area contributed by atoms with Crippen molar-refractivity contribution < 1.29 is 24.1 Å². The molecular weight excluding hydrogens is 286 g/mol. The minimum atomic E-state index is -0.770. The van der Waals surface area contributed by atoms with Crippen LogP contribution in [0.1, 0.15) is 19.4 Å². The number of aliphatic hydroxyl groups is 1. The maximum atomic E-state index is 10.5. The topological polar surface area (TPSA) is 69.5 Å². The molecule has 2 fully saturated rings. The van der Waals surface area contributed by atoms with Crippen LogP contribution in [-0.2, 0) is 18.9 Å². The second kappa shape index (κ2) is 5.03. The van der Waals surface area contributed by atoms with Crippen LogP contribution in [-0.4, -0.2) is 54.0 Å². The minimum absolute atomic E-state index is 0.311. The number of fused-ring (bicyclic) bond motifs is 1. The molecule has 1 N–H and O–H groups in total. The average Bonchev–Trinajstić information content (AvgIpc) is 3.15. The smallest absolute Gasteiger partial charge is 0.227 e. The van der Waals surface area contributed by atoms with Gasteiger partial charge in [0, 0.05) is 5.56 Å². The molecule has 1 aromatic carbocycles. The maximum Gasteiger partial charge on any atom is 0.227 e. The molecule has 0 spiro atoms. The van der Waals surface area contributed by atoms with E-state index in [-0.39, 0.29) is 6.10 Å². The highest BCUT2D eigenvalue weighted by atomic mass is 16.8. The monoisotopic (exact) mass is 305 g/mol. The second-order valence-corrected chi connectivity index (χ2v) is 6.24. The number of nitrogens with zero attached hydrogens (tertiary/aromatic N) is 1. The van der Waals surface area contributed by atoms with Gasteiger partial charge in [0.05, 0.1) is 6.61 Å². The lowest BCUT2D eigenvalue weighted by Crippen LogP contribution is -2.40. The zero-order valence-electron chi connectivity index (χ0n) is 12.5. The highest BCUT2D eigenvalue weighted by molar-refractivity contribution is 5.95. The van der Waals surface area contributed by atoms with E-state index in [1.165, 1.54) is 0 Å². The Bertz CT molecular complexity index is 587. The van der Waals surface area contributed by atoms with E-state index in [4.69, 9.17) is 18.9 Å². The van der Waals surface area contributed by atoms with E-state index < -0.39 is 30.3 Å². The van der Waals surface area contributed by atoms with Crippen molar-refractivity contribution in [3.05, 3.63) is 35.9 Å². The first-order chi connectivity index (χ1) is 10.5. The first-order valence-corrected chi connectivity index (χ1v) is 7.49. The number of benzene rings is 1. The Labute approximate surface area is 128 Å². The summed E-state index contributed by atoms with van der Waals surface area (Å²) in [5.74, 6) is -0.137. The average molecular weight is 305 g/mol. The molecule has 3 aliphatic rings. The van der Waals surface area contributed by atoms with Gasteiger partial charge in [0.2, 0.25) is 12.2 Å². The Morgan fingerprint density at radius 3 is 2.64 bits per heavy atom. The number of hydrogen-bond acceptors (Lipinski definition) is 6. The maximum absolute atomic E-state index is 10.5. The van der Waals surface area contributed by atoms with E-state index in [0.29, 0.717) is 12.5 Å². The number of aliphatic imine (C=N–C) groups is 1. The van der Waals surface area contributed by atoms with Gasteiger partial charge in [0.1, 0.15) is 24.4 Å². The highest BCUT2D eigenvalue weighted by Crippen LogP contribution is 2.36. The van der Waals surface area contributed by atoms with Gasteiger partial charge in [-0.3, -0.25) is 0 Å². The van der Waals surface area contributed by atoms with Crippen LogP contribution < -0.4 is 0 Å². The summed E-state index contributed by atoms with van der Waals surface area (Å²) in [5, 5.41) is 10.5. The number of aliphatic hydroxyl groups excluding tert-OH is 1. The van der Waals surface area contributed by atoms with Crippen LogP contribution in [0.2, 0.25) is 0 Å². The minimum Gasteiger partial charge on any atom is -0.445 e. The molecule has 0 aromatic heterocycles. The molecule has 1 aromatic rings. The van der Waals surface area contributed by atoms with Crippen LogP contribution in [0.4, 0.5) is 0 Å². The van der Waals surface area contributed by atoms with Gasteiger partial charge in [-0.25, -0.2) is 4.99 Å². The Kier molecular flexibility index (Phi) is 3.23. The molecule has 6 heteroatoms. The van der Waals surface area contributed by atoms with Crippen molar-refractivity contribution in [2.75, 3.05) is 6.61 Å². The van der Waals surface area contributed by atoms with E-state index >= 15 is 0 Å². The first-order valence-electron chi connectivity index (χ1n) is 7.49. The normalized spacial score (nSPS) is 39.4. The van der Waals surface area contributed by atoms with Crippen molar-refractivity contribution in [2.24, 2.45) is 4.99 Å². The lowest BCUT2D eigenvalue weighted by Gasteiger charge is -2.23. The molecule has 3 heterocycles. The van der Waals surface area contributed by atoms with E-state index in [9.17, 15) is 5.11 Å². The van der Waals surface area contributed by atoms with Crippen molar-refractivity contribution in [3.63, 3.8) is 0 Å². The van der Waals surface area contributed by atoms with Crippen molar-refractivity contribution >= 4 is 5.90 Å². The molecular formula is C16H19NO5. The quantitative estimate of drug-likeness (QED) is 0.885. The first kappa shape index (κ1) is 14.1. The van der Waals surface area contributed by atoms with Gasteiger partial charge in [0.25, 0.3) is 0 Å². The van der Waals surface area contributed by atoms with E-state index in [0.717, 1.165) is 5.56 Å². The van der Waals surface area contributed by atoms with Crippen LogP contribution in [0.15, 0.2) is 35.3 Å². The van der Waals surface area contributed by atoms with Crippen molar-refractivity contribution in [2.45, 2.75) is 50.3 Å². The van der Waals surface area contributed by atoms with Gasteiger partial charge >= 0.3 is 0 Å². The third-order valence-corrected chi connectivity index (χ3v) is 4.17. The predicted octanol–water partition coefficient (Wildman–Crippen LogP) is 1.07. The molecule has 1 unspecified atom stereocenters. The summed E-state index contributed by atoms with van der Waals surface area (Å²) in [4.78, 5) is 4.48. The molecule has 118 valence electrons.